The number of aromatic nitrogens is 1. The lowest BCUT2D eigenvalue weighted by atomic mass is 10.3. The second kappa shape index (κ2) is 7.89. The lowest BCUT2D eigenvalue weighted by Gasteiger charge is -2.08. The van der Waals surface area contributed by atoms with E-state index in [1.165, 1.54) is 36.5 Å². The molecule has 2 heterocycles. The molecule has 1 N–H and O–H groups in total. The maximum atomic E-state index is 12.9. The fourth-order valence-electron chi connectivity index (χ4n) is 2.00. The maximum absolute atomic E-state index is 12.9. The summed E-state index contributed by atoms with van der Waals surface area (Å²) in [5.74, 6) is 0.293. The van der Waals surface area contributed by atoms with Crippen LogP contribution in [-0.2, 0) is 16.6 Å². The summed E-state index contributed by atoms with van der Waals surface area (Å²) >= 11 is 12.7. The first kappa shape index (κ1) is 19.1. The highest BCUT2D eigenvalue weighted by molar-refractivity contribution is 7.89. The molecular formula is C16H11Cl2FN2O3S2. The number of hydrogen-bond acceptors (Lipinski definition) is 5. The molecule has 0 saturated heterocycles. The van der Waals surface area contributed by atoms with Crippen molar-refractivity contribution in [3.63, 3.8) is 0 Å². The molecule has 0 fully saturated rings. The smallest absolute Gasteiger partial charge is 0.243 e. The second-order valence-corrected chi connectivity index (χ2v) is 9.09. The fourth-order valence-corrected chi connectivity index (χ4v) is 5.17. The van der Waals surface area contributed by atoms with Crippen LogP contribution in [-0.4, -0.2) is 13.4 Å². The van der Waals surface area contributed by atoms with Gasteiger partial charge in [0.25, 0.3) is 0 Å². The topological polar surface area (TPSA) is 68.3 Å². The van der Waals surface area contributed by atoms with Gasteiger partial charge in [0.1, 0.15) is 20.8 Å². The number of pyridine rings is 1. The van der Waals surface area contributed by atoms with E-state index in [4.69, 9.17) is 27.9 Å². The quantitative estimate of drug-likeness (QED) is 0.603. The Bertz CT molecular complexity index is 1020. The Morgan fingerprint density at radius 3 is 2.54 bits per heavy atom. The first-order valence-electron chi connectivity index (χ1n) is 7.16. The minimum Gasteiger partial charge on any atom is -0.439 e. The SMILES string of the molecule is O=S(=O)(NCc1ccnc(Oc2ccc(F)cc2)c1)c1cc(Cl)sc1Cl. The lowest BCUT2D eigenvalue weighted by molar-refractivity contribution is 0.460. The summed E-state index contributed by atoms with van der Waals surface area (Å²) in [6.45, 7) is 0.00836. The average Bonchev–Trinajstić information content (AvgIpc) is 2.95. The van der Waals surface area contributed by atoms with E-state index < -0.39 is 10.0 Å². The highest BCUT2D eigenvalue weighted by Gasteiger charge is 2.20. The fraction of sp³-hybridized carbons (Fsp3) is 0.0625. The Labute approximate surface area is 163 Å². The highest BCUT2D eigenvalue weighted by atomic mass is 35.5. The Morgan fingerprint density at radius 2 is 1.88 bits per heavy atom. The summed E-state index contributed by atoms with van der Waals surface area (Å²) in [5.41, 5.74) is 0.623. The molecule has 0 unspecified atom stereocenters. The van der Waals surface area contributed by atoms with Gasteiger partial charge in [-0.15, -0.1) is 11.3 Å². The van der Waals surface area contributed by atoms with Crippen molar-refractivity contribution in [2.45, 2.75) is 11.4 Å². The number of thiophene rings is 1. The van der Waals surface area contributed by atoms with Crippen molar-refractivity contribution in [3.05, 3.63) is 68.7 Å². The van der Waals surface area contributed by atoms with Crippen LogP contribution in [0, 0.1) is 5.82 Å². The molecule has 0 aliphatic rings. The second-order valence-electron chi connectivity index (χ2n) is 5.07. The van der Waals surface area contributed by atoms with Crippen LogP contribution in [0.15, 0.2) is 53.6 Å². The first-order chi connectivity index (χ1) is 12.3. The molecule has 0 aliphatic heterocycles. The van der Waals surface area contributed by atoms with E-state index in [1.54, 1.807) is 12.1 Å². The number of sulfonamides is 1. The van der Waals surface area contributed by atoms with E-state index in [0.29, 0.717) is 11.3 Å². The van der Waals surface area contributed by atoms with Gasteiger partial charge in [-0.05, 0) is 42.0 Å². The zero-order chi connectivity index (χ0) is 18.7. The number of benzene rings is 1. The summed E-state index contributed by atoms with van der Waals surface area (Å²) < 4.78 is 45.9. The molecular weight excluding hydrogens is 422 g/mol. The van der Waals surface area contributed by atoms with E-state index in [2.05, 4.69) is 9.71 Å². The third-order valence-electron chi connectivity index (χ3n) is 3.22. The van der Waals surface area contributed by atoms with E-state index in [9.17, 15) is 12.8 Å². The summed E-state index contributed by atoms with van der Waals surface area (Å²) in [6.07, 6.45) is 1.48. The van der Waals surface area contributed by atoms with Crippen molar-refractivity contribution < 1.29 is 17.5 Å². The van der Waals surface area contributed by atoms with E-state index in [-0.39, 0.29) is 31.8 Å². The van der Waals surface area contributed by atoms with Crippen LogP contribution in [0.25, 0.3) is 0 Å². The van der Waals surface area contributed by atoms with Crippen molar-refractivity contribution in [1.82, 2.24) is 9.71 Å². The molecule has 3 rings (SSSR count). The molecule has 136 valence electrons. The van der Waals surface area contributed by atoms with Crippen LogP contribution < -0.4 is 9.46 Å². The van der Waals surface area contributed by atoms with Crippen molar-refractivity contribution in [3.8, 4) is 11.6 Å². The number of halogens is 3. The predicted octanol–water partition coefficient (Wildman–Crippen LogP) is 4.86. The molecule has 0 bridgehead atoms. The minimum atomic E-state index is -3.80. The molecule has 0 amide bonds. The number of hydrogen-bond donors (Lipinski definition) is 1. The van der Waals surface area contributed by atoms with Gasteiger partial charge in [-0.3, -0.25) is 0 Å². The third-order valence-corrected chi connectivity index (χ3v) is 6.37. The molecule has 0 atom stereocenters. The van der Waals surface area contributed by atoms with Gasteiger partial charge in [0.15, 0.2) is 0 Å². The van der Waals surface area contributed by atoms with Crippen LogP contribution in [0.4, 0.5) is 4.39 Å². The van der Waals surface area contributed by atoms with Gasteiger partial charge in [0, 0.05) is 18.8 Å². The number of ether oxygens (including phenoxy) is 1. The van der Waals surface area contributed by atoms with Crippen molar-refractivity contribution >= 4 is 44.6 Å². The molecule has 2 aromatic heterocycles. The van der Waals surface area contributed by atoms with Crippen LogP contribution in [0.2, 0.25) is 8.67 Å². The molecule has 10 heteroatoms. The lowest BCUT2D eigenvalue weighted by Crippen LogP contribution is -2.23. The molecule has 3 aromatic rings. The summed E-state index contributed by atoms with van der Waals surface area (Å²) in [5, 5.41) is 0. The molecule has 0 spiro atoms. The highest BCUT2D eigenvalue weighted by Crippen LogP contribution is 2.34. The first-order valence-corrected chi connectivity index (χ1v) is 10.2. The number of nitrogens with one attached hydrogen (secondary N) is 1. The van der Waals surface area contributed by atoms with Crippen molar-refractivity contribution in [2.75, 3.05) is 0 Å². The maximum Gasteiger partial charge on any atom is 0.243 e. The number of nitrogens with zero attached hydrogens (tertiary/aromatic N) is 1. The number of rotatable bonds is 6. The van der Waals surface area contributed by atoms with Crippen molar-refractivity contribution in [2.24, 2.45) is 0 Å². The van der Waals surface area contributed by atoms with Gasteiger partial charge in [-0.25, -0.2) is 22.5 Å². The predicted molar refractivity (Wildman–Crippen MR) is 99.1 cm³/mol. The van der Waals surface area contributed by atoms with Crippen LogP contribution in [0.3, 0.4) is 0 Å². The molecule has 0 saturated carbocycles. The van der Waals surface area contributed by atoms with Gasteiger partial charge >= 0.3 is 0 Å². The third kappa shape index (κ3) is 4.72. The Balaban J connectivity index is 1.70. The van der Waals surface area contributed by atoms with Crippen LogP contribution >= 0.6 is 34.5 Å². The van der Waals surface area contributed by atoms with Gasteiger partial charge in [-0.1, -0.05) is 23.2 Å². The Morgan fingerprint density at radius 1 is 1.15 bits per heavy atom. The Hall–Kier alpha value is -1.71. The normalized spacial score (nSPS) is 11.5. The monoisotopic (exact) mass is 432 g/mol. The Kier molecular flexibility index (Phi) is 5.79. The summed E-state index contributed by atoms with van der Waals surface area (Å²) in [6, 6.07) is 9.98. The standard InChI is InChI=1S/C16H11Cl2FN2O3S2/c17-14-8-13(16(18)25-14)26(22,23)21-9-10-5-6-20-15(7-10)24-12-3-1-11(19)2-4-12/h1-8,21H,9H2. The van der Waals surface area contributed by atoms with Gasteiger partial charge in [0.2, 0.25) is 15.9 Å². The van der Waals surface area contributed by atoms with Gasteiger partial charge in [0.05, 0.1) is 4.34 Å². The van der Waals surface area contributed by atoms with Gasteiger partial charge in [-0.2, -0.15) is 0 Å². The van der Waals surface area contributed by atoms with Crippen LogP contribution in [0.5, 0.6) is 11.6 Å². The largest absolute Gasteiger partial charge is 0.439 e. The summed E-state index contributed by atoms with van der Waals surface area (Å²) in [4.78, 5) is 3.98. The zero-order valence-corrected chi connectivity index (χ0v) is 16.1. The van der Waals surface area contributed by atoms with E-state index in [1.807, 2.05) is 0 Å². The average molecular weight is 433 g/mol. The van der Waals surface area contributed by atoms with Crippen molar-refractivity contribution in [1.29, 1.82) is 0 Å². The summed E-state index contributed by atoms with van der Waals surface area (Å²) in [7, 11) is -3.80. The molecule has 0 aliphatic carbocycles. The molecule has 0 radical (unpaired) electrons. The molecule has 5 nitrogen and oxygen atoms in total. The zero-order valence-electron chi connectivity index (χ0n) is 12.9. The molecule has 1 aromatic carbocycles. The van der Waals surface area contributed by atoms with E-state index in [0.717, 1.165) is 11.3 Å². The minimum absolute atomic E-state index is 0.00836. The van der Waals surface area contributed by atoms with Gasteiger partial charge < -0.3 is 4.74 Å². The van der Waals surface area contributed by atoms with E-state index >= 15 is 0 Å². The van der Waals surface area contributed by atoms with Crippen LogP contribution in [0.1, 0.15) is 5.56 Å². The molecule has 26 heavy (non-hydrogen) atoms.